The lowest BCUT2D eigenvalue weighted by molar-refractivity contribution is 0.0731. The smallest absolute Gasteiger partial charge is 0.257 e. The van der Waals surface area contributed by atoms with E-state index in [-0.39, 0.29) is 11.7 Å². The van der Waals surface area contributed by atoms with Crippen LogP contribution in [-0.4, -0.2) is 40.4 Å². The first kappa shape index (κ1) is 19.5. The van der Waals surface area contributed by atoms with Gasteiger partial charge in [0.25, 0.3) is 5.91 Å². The van der Waals surface area contributed by atoms with Crippen molar-refractivity contribution in [3.8, 4) is 11.6 Å². The summed E-state index contributed by atoms with van der Waals surface area (Å²) < 4.78 is 25.3. The summed E-state index contributed by atoms with van der Waals surface area (Å²) in [6, 6.07) is 7.89. The minimum absolute atomic E-state index is 0.103. The maximum atomic E-state index is 14.3. The molecule has 0 aliphatic carbocycles. The molecule has 0 N–H and O–H groups in total. The molecule has 2 aliphatic heterocycles. The zero-order valence-electron chi connectivity index (χ0n) is 17.1. The normalized spacial score (nSPS) is 16.2. The van der Waals surface area contributed by atoms with Crippen LogP contribution in [0.5, 0.6) is 11.6 Å². The minimum Gasteiger partial charge on any atom is -0.472 e. The Balaban J connectivity index is 1.51. The quantitative estimate of drug-likeness (QED) is 0.628. The molecule has 1 fully saturated rings. The molecule has 2 aliphatic rings. The summed E-state index contributed by atoms with van der Waals surface area (Å²) in [6.45, 7) is 2.61. The Morgan fingerprint density at radius 1 is 1.06 bits per heavy atom. The van der Waals surface area contributed by atoms with Gasteiger partial charge in [-0.2, -0.15) is 4.98 Å². The van der Waals surface area contributed by atoms with Crippen LogP contribution in [0.15, 0.2) is 47.3 Å². The molecule has 5 rings (SSSR count). The van der Waals surface area contributed by atoms with Gasteiger partial charge in [-0.3, -0.25) is 4.79 Å². The fraction of sp³-hybridized carbons (Fsp3) is 0.348. The van der Waals surface area contributed by atoms with Gasteiger partial charge in [-0.1, -0.05) is 12.1 Å². The van der Waals surface area contributed by atoms with Crippen molar-refractivity contribution in [1.82, 2.24) is 14.9 Å². The summed E-state index contributed by atoms with van der Waals surface area (Å²) in [4.78, 5) is 26.2. The van der Waals surface area contributed by atoms with Crippen molar-refractivity contribution >= 4 is 11.9 Å². The number of anilines is 1. The maximum Gasteiger partial charge on any atom is 0.257 e. The van der Waals surface area contributed by atoms with Crippen molar-refractivity contribution in [2.45, 2.75) is 32.2 Å². The van der Waals surface area contributed by atoms with E-state index in [1.165, 1.54) is 25.0 Å². The van der Waals surface area contributed by atoms with Gasteiger partial charge in [0.05, 0.1) is 29.6 Å². The molecule has 1 saturated heterocycles. The Hall–Kier alpha value is -3.42. The molecular weight excluding hydrogens is 399 g/mol. The number of fused-ring (bicyclic) bond motifs is 1. The molecule has 0 atom stereocenters. The molecule has 1 aromatic carbocycles. The Morgan fingerprint density at radius 3 is 2.68 bits per heavy atom. The van der Waals surface area contributed by atoms with Crippen LogP contribution < -0.4 is 9.64 Å². The number of nitrogens with zero attached hydrogens (tertiary/aromatic N) is 4. The second-order valence-electron chi connectivity index (χ2n) is 7.82. The van der Waals surface area contributed by atoms with E-state index < -0.39 is 5.82 Å². The number of benzene rings is 1. The number of halogens is 1. The number of carbonyl (C=O) groups excluding carboxylic acids is 1. The zero-order chi connectivity index (χ0) is 21.2. The number of hydrogen-bond donors (Lipinski definition) is 0. The van der Waals surface area contributed by atoms with Crippen molar-refractivity contribution in [2.75, 3.05) is 24.5 Å². The largest absolute Gasteiger partial charge is 0.472 e. The highest BCUT2D eigenvalue weighted by molar-refractivity contribution is 5.94. The number of furan rings is 1. The van der Waals surface area contributed by atoms with Crippen LogP contribution in [-0.2, 0) is 13.0 Å². The molecule has 7 nitrogen and oxygen atoms in total. The molecule has 0 unspecified atom stereocenters. The van der Waals surface area contributed by atoms with Crippen LogP contribution in [0.3, 0.4) is 0 Å². The number of aromatic nitrogens is 2. The number of para-hydroxylation sites is 1. The van der Waals surface area contributed by atoms with E-state index in [4.69, 9.17) is 14.1 Å². The summed E-state index contributed by atoms with van der Waals surface area (Å²) in [7, 11) is 0. The van der Waals surface area contributed by atoms with E-state index in [1.807, 2.05) is 0 Å². The molecule has 0 bridgehead atoms. The van der Waals surface area contributed by atoms with E-state index in [1.54, 1.807) is 29.2 Å². The van der Waals surface area contributed by atoms with Gasteiger partial charge in [0.2, 0.25) is 11.8 Å². The van der Waals surface area contributed by atoms with Crippen molar-refractivity contribution in [3.05, 3.63) is 65.5 Å². The molecule has 1 amide bonds. The average molecular weight is 422 g/mol. The summed E-state index contributed by atoms with van der Waals surface area (Å²) in [5.74, 6) is 0.430. The maximum absolute atomic E-state index is 14.3. The second kappa shape index (κ2) is 8.37. The zero-order valence-corrected chi connectivity index (χ0v) is 17.1. The van der Waals surface area contributed by atoms with Gasteiger partial charge in [-0.15, -0.1) is 0 Å². The third kappa shape index (κ3) is 3.97. The fourth-order valence-electron chi connectivity index (χ4n) is 4.06. The molecule has 2 aromatic heterocycles. The first-order chi connectivity index (χ1) is 15.2. The van der Waals surface area contributed by atoms with Gasteiger partial charge in [0, 0.05) is 26.1 Å². The van der Waals surface area contributed by atoms with Gasteiger partial charge in [-0.25, -0.2) is 9.37 Å². The van der Waals surface area contributed by atoms with Crippen molar-refractivity contribution in [1.29, 1.82) is 0 Å². The monoisotopic (exact) mass is 422 g/mol. The van der Waals surface area contributed by atoms with Crippen LogP contribution in [0.2, 0.25) is 0 Å². The highest BCUT2D eigenvalue weighted by Crippen LogP contribution is 2.33. The molecule has 3 aromatic rings. The molecule has 160 valence electrons. The first-order valence-electron chi connectivity index (χ1n) is 10.6. The number of carbonyl (C=O) groups is 1. The highest BCUT2D eigenvalue weighted by Gasteiger charge is 2.29. The van der Waals surface area contributed by atoms with E-state index in [0.717, 1.165) is 31.6 Å². The van der Waals surface area contributed by atoms with Gasteiger partial charge >= 0.3 is 0 Å². The van der Waals surface area contributed by atoms with Crippen molar-refractivity contribution in [3.63, 3.8) is 0 Å². The fourth-order valence-corrected chi connectivity index (χ4v) is 4.06. The molecule has 0 radical (unpaired) electrons. The summed E-state index contributed by atoms with van der Waals surface area (Å²) in [6.07, 6.45) is 6.88. The van der Waals surface area contributed by atoms with Gasteiger partial charge < -0.3 is 19.0 Å². The standard InChI is InChI=1S/C23H23FN4O3/c24-18-6-2-3-7-20(18)31-21-17-14-28(22(29)16-9-13-30-15-16)12-8-19(17)25-23(26-21)27-10-4-1-5-11-27/h2-3,6-7,9,13,15H,1,4-5,8,10-12,14H2. The highest BCUT2D eigenvalue weighted by atomic mass is 19.1. The molecule has 0 spiro atoms. The van der Waals surface area contributed by atoms with E-state index in [9.17, 15) is 9.18 Å². The number of hydrogen-bond acceptors (Lipinski definition) is 6. The van der Waals surface area contributed by atoms with Crippen molar-refractivity contribution < 1.29 is 18.3 Å². The number of amides is 1. The molecule has 8 heteroatoms. The Morgan fingerprint density at radius 2 is 1.90 bits per heavy atom. The molecule has 0 saturated carbocycles. The number of piperidine rings is 1. The van der Waals surface area contributed by atoms with E-state index in [0.29, 0.717) is 42.5 Å². The summed E-state index contributed by atoms with van der Waals surface area (Å²) in [5, 5.41) is 0. The summed E-state index contributed by atoms with van der Waals surface area (Å²) in [5.41, 5.74) is 2.05. The lowest BCUT2D eigenvalue weighted by Gasteiger charge is -2.31. The van der Waals surface area contributed by atoms with Crippen LogP contribution >= 0.6 is 0 Å². The van der Waals surface area contributed by atoms with Crippen LogP contribution in [0.25, 0.3) is 0 Å². The van der Waals surface area contributed by atoms with Gasteiger partial charge in [0.1, 0.15) is 6.26 Å². The van der Waals surface area contributed by atoms with E-state index >= 15 is 0 Å². The number of ether oxygens (including phenoxy) is 1. The third-order valence-electron chi connectivity index (χ3n) is 5.75. The number of rotatable bonds is 4. The van der Waals surface area contributed by atoms with Crippen LogP contribution in [0.1, 0.15) is 40.9 Å². The Kier molecular flexibility index (Phi) is 5.28. The molecule has 31 heavy (non-hydrogen) atoms. The molecular formula is C23H23FN4O3. The average Bonchev–Trinajstić information content (AvgIpc) is 3.35. The predicted molar refractivity (Wildman–Crippen MR) is 112 cm³/mol. The topological polar surface area (TPSA) is 71.7 Å². The molecule has 4 heterocycles. The SMILES string of the molecule is O=C(c1ccoc1)N1CCc2nc(N3CCCCC3)nc(Oc3ccccc3F)c2C1. The lowest BCUT2D eigenvalue weighted by atomic mass is 10.1. The van der Waals surface area contributed by atoms with Gasteiger partial charge in [0.15, 0.2) is 11.6 Å². The Labute approximate surface area is 179 Å². The second-order valence-corrected chi connectivity index (χ2v) is 7.82. The van der Waals surface area contributed by atoms with E-state index in [2.05, 4.69) is 9.88 Å². The lowest BCUT2D eigenvalue weighted by Crippen LogP contribution is -2.37. The third-order valence-corrected chi connectivity index (χ3v) is 5.75. The minimum atomic E-state index is -0.462. The van der Waals surface area contributed by atoms with Gasteiger partial charge in [-0.05, 0) is 37.5 Å². The summed E-state index contributed by atoms with van der Waals surface area (Å²) >= 11 is 0. The Bertz CT molecular complexity index is 1080. The van der Waals surface area contributed by atoms with Crippen molar-refractivity contribution in [2.24, 2.45) is 0 Å². The predicted octanol–water partition coefficient (Wildman–Crippen LogP) is 4.19. The first-order valence-corrected chi connectivity index (χ1v) is 10.6. The van der Waals surface area contributed by atoms with Crippen LogP contribution in [0, 0.1) is 5.82 Å². The van der Waals surface area contributed by atoms with Crippen LogP contribution in [0.4, 0.5) is 10.3 Å².